The number of carboxylic acids is 1. The monoisotopic (exact) mass is 476 g/mol. The Kier molecular flexibility index (Phi) is 6.49. The van der Waals surface area contributed by atoms with Crippen LogP contribution in [-0.4, -0.2) is 59.9 Å². The number of nitrogens with one attached hydrogen (secondary N) is 1. The number of benzene rings is 2. The summed E-state index contributed by atoms with van der Waals surface area (Å²) < 4.78 is 46.0. The smallest absolute Gasteiger partial charge is 0.417 e. The molecular weight excluding hydrogens is 453 g/mol. The number of hydrogen-bond donors (Lipinski definition) is 2. The Morgan fingerprint density at radius 2 is 1.53 bits per heavy atom. The molecule has 1 heterocycles. The number of aliphatic carboxylic acids is 1. The summed E-state index contributed by atoms with van der Waals surface area (Å²) in [7, 11) is 0. The van der Waals surface area contributed by atoms with Gasteiger partial charge >= 0.3 is 18.2 Å². The van der Waals surface area contributed by atoms with Crippen LogP contribution in [0.3, 0.4) is 0 Å². The summed E-state index contributed by atoms with van der Waals surface area (Å²) in [5.41, 5.74) is 3.75. The zero-order valence-electron chi connectivity index (χ0n) is 18.0. The van der Waals surface area contributed by atoms with Crippen LogP contribution in [0.1, 0.15) is 29.9 Å². The van der Waals surface area contributed by atoms with Crippen LogP contribution in [0.15, 0.2) is 48.5 Å². The second-order valence-corrected chi connectivity index (χ2v) is 8.38. The molecule has 34 heavy (non-hydrogen) atoms. The van der Waals surface area contributed by atoms with Crippen molar-refractivity contribution < 1.29 is 37.4 Å². The van der Waals surface area contributed by atoms with Gasteiger partial charge in [0.05, 0.1) is 5.92 Å². The van der Waals surface area contributed by atoms with Gasteiger partial charge in [0.15, 0.2) is 0 Å². The molecule has 0 radical (unpaired) electrons. The third-order valence-corrected chi connectivity index (χ3v) is 6.34. The van der Waals surface area contributed by atoms with Crippen molar-refractivity contribution in [2.24, 2.45) is 5.92 Å². The number of fused-ring (bicyclic) bond motifs is 3. The zero-order chi connectivity index (χ0) is 24.5. The number of carbonyl (C=O) groups excluding carboxylic acids is 2. The number of carboxylic acid groups (broad SMARTS) is 1. The molecule has 1 aliphatic heterocycles. The quantitative estimate of drug-likeness (QED) is 0.685. The van der Waals surface area contributed by atoms with Crippen LogP contribution < -0.4 is 5.32 Å². The normalized spacial score (nSPS) is 17.0. The highest BCUT2D eigenvalue weighted by molar-refractivity contribution is 5.87. The predicted molar refractivity (Wildman–Crippen MR) is 115 cm³/mol. The van der Waals surface area contributed by atoms with E-state index in [4.69, 9.17) is 9.84 Å². The lowest BCUT2D eigenvalue weighted by atomic mass is 9.96. The van der Waals surface area contributed by atoms with E-state index >= 15 is 0 Å². The van der Waals surface area contributed by atoms with Crippen molar-refractivity contribution >= 4 is 18.0 Å². The average Bonchev–Trinajstić information content (AvgIpc) is 3.14. The third-order valence-electron chi connectivity index (χ3n) is 6.34. The van der Waals surface area contributed by atoms with E-state index in [1.807, 2.05) is 48.5 Å². The summed E-state index contributed by atoms with van der Waals surface area (Å²) in [6.07, 6.45) is -6.28. The van der Waals surface area contributed by atoms with Crippen LogP contribution in [0, 0.1) is 5.92 Å². The van der Waals surface area contributed by atoms with E-state index in [1.54, 1.807) is 5.32 Å². The molecule has 2 aromatic carbocycles. The fraction of sp³-hybridized carbons (Fsp3) is 0.375. The molecule has 180 valence electrons. The van der Waals surface area contributed by atoms with Gasteiger partial charge in [-0.1, -0.05) is 48.5 Å². The highest BCUT2D eigenvalue weighted by atomic mass is 19.4. The fourth-order valence-electron chi connectivity index (χ4n) is 4.57. The molecule has 0 aromatic heterocycles. The number of alkyl carbamates (subject to hydrolysis) is 1. The number of likely N-dealkylation sites (tertiary alicyclic amines) is 1. The number of alkyl halides is 3. The van der Waals surface area contributed by atoms with Crippen molar-refractivity contribution in [1.82, 2.24) is 10.2 Å². The Morgan fingerprint density at radius 3 is 2.03 bits per heavy atom. The molecule has 0 saturated carbocycles. The minimum absolute atomic E-state index is 0.0522. The van der Waals surface area contributed by atoms with Crippen molar-refractivity contribution in [1.29, 1.82) is 0 Å². The molecule has 1 saturated heterocycles. The van der Waals surface area contributed by atoms with Crippen LogP contribution in [0.2, 0.25) is 0 Å². The number of rotatable bonds is 5. The molecule has 1 unspecified atom stereocenters. The Morgan fingerprint density at radius 1 is 1.00 bits per heavy atom. The molecule has 2 amide bonds. The maximum Gasteiger partial charge on any atom is 0.417 e. The van der Waals surface area contributed by atoms with Gasteiger partial charge in [0.2, 0.25) is 6.04 Å². The van der Waals surface area contributed by atoms with Crippen molar-refractivity contribution in [3.63, 3.8) is 0 Å². The fourth-order valence-corrected chi connectivity index (χ4v) is 4.57. The van der Waals surface area contributed by atoms with Gasteiger partial charge < -0.3 is 20.1 Å². The average molecular weight is 476 g/mol. The molecule has 0 bridgehead atoms. The molecule has 10 heteroatoms. The van der Waals surface area contributed by atoms with E-state index in [-0.39, 0.29) is 38.5 Å². The molecule has 2 N–H and O–H groups in total. The summed E-state index contributed by atoms with van der Waals surface area (Å²) in [5, 5.41) is 10.7. The van der Waals surface area contributed by atoms with Gasteiger partial charge in [0, 0.05) is 19.0 Å². The topological polar surface area (TPSA) is 95.9 Å². The van der Waals surface area contributed by atoms with E-state index in [1.165, 1.54) is 0 Å². The second-order valence-electron chi connectivity index (χ2n) is 8.38. The van der Waals surface area contributed by atoms with E-state index < -0.39 is 36.1 Å². The Bertz CT molecular complexity index is 1050. The first-order chi connectivity index (χ1) is 16.2. The van der Waals surface area contributed by atoms with Crippen molar-refractivity contribution in [2.45, 2.75) is 31.0 Å². The number of ether oxygens (including phenoxy) is 1. The summed E-state index contributed by atoms with van der Waals surface area (Å²) in [4.78, 5) is 36.8. The first-order valence-electron chi connectivity index (χ1n) is 10.9. The van der Waals surface area contributed by atoms with Crippen LogP contribution in [0.5, 0.6) is 0 Å². The molecule has 2 aromatic rings. The van der Waals surface area contributed by atoms with Crippen molar-refractivity contribution in [3.8, 4) is 11.1 Å². The molecule has 1 aliphatic carbocycles. The summed E-state index contributed by atoms with van der Waals surface area (Å²) in [6, 6.07) is 12.3. The lowest BCUT2D eigenvalue weighted by molar-refractivity contribution is -0.176. The van der Waals surface area contributed by atoms with Crippen LogP contribution >= 0.6 is 0 Å². The molecule has 4 rings (SSSR count). The molecular formula is C24H23F3N2O5. The first kappa shape index (κ1) is 23.6. The minimum atomic E-state index is -5.04. The second kappa shape index (κ2) is 9.36. The minimum Gasteiger partial charge on any atom is -0.481 e. The van der Waals surface area contributed by atoms with Crippen molar-refractivity contribution in [3.05, 3.63) is 59.7 Å². The maximum atomic E-state index is 13.6. The molecule has 1 atom stereocenters. The van der Waals surface area contributed by atoms with Gasteiger partial charge in [0.1, 0.15) is 6.61 Å². The molecule has 1 fully saturated rings. The van der Waals surface area contributed by atoms with E-state index in [0.29, 0.717) is 0 Å². The van der Waals surface area contributed by atoms with Gasteiger partial charge in [-0.25, -0.2) is 4.79 Å². The Balaban J connectivity index is 1.42. The number of halogens is 3. The summed E-state index contributed by atoms with van der Waals surface area (Å²) >= 11 is 0. The number of carbonyl (C=O) groups is 3. The molecule has 7 nitrogen and oxygen atoms in total. The van der Waals surface area contributed by atoms with Gasteiger partial charge in [0.25, 0.3) is 5.91 Å². The van der Waals surface area contributed by atoms with Gasteiger partial charge in [-0.05, 0) is 35.1 Å². The molecule has 0 spiro atoms. The van der Waals surface area contributed by atoms with Crippen molar-refractivity contribution in [2.75, 3.05) is 19.7 Å². The van der Waals surface area contributed by atoms with E-state index in [0.717, 1.165) is 27.2 Å². The SMILES string of the molecule is O=C(NC(C(=O)N1CCC(C(=O)O)CC1)C(F)(F)F)OCC1c2ccccc2-c2ccccc21. The van der Waals surface area contributed by atoms with Crippen LogP contribution in [-0.2, 0) is 14.3 Å². The van der Waals surface area contributed by atoms with Gasteiger partial charge in [-0.3, -0.25) is 9.59 Å². The van der Waals surface area contributed by atoms with E-state index in [2.05, 4.69) is 0 Å². The highest BCUT2D eigenvalue weighted by Crippen LogP contribution is 2.44. The Hall–Kier alpha value is -3.56. The maximum absolute atomic E-state index is 13.6. The van der Waals surface area contributed by atoms with Crippen LogP contribution in [0.4, 0.5) is 18.0 Å². The first-order valence-corrected chi connectivity index (χ1v) is 10.9. The van der Waals surface area contributed by atoms with Gasteiger partial charge in [-0.15, -0.1) is 0 Å². The number of piperidine rings is 1. The molecule has 2 aliphatic rings. The Labute approximate surface area is 193 Å². The van der Waals surface area contributed by atoms with Crippen LogP contribution in [0.25, 0.3) is 11.1 Å². The predicted octanol–water partition coefficient (Wildman–Crippen LogP) is 3.78. The number of amides is 2. The summed E-state index contributed by atoms with van der Waals surface area (Å²) in [5.74, 6) is -3.42. The van der Waals surface area contributed by atoms with E-state index in [9.17, 15) is 27.6 Å². The standard InChI is InChI=1S/C24H23F3N2O5/c25-24(26,27)20(21(30)29-11-9-14(10-12-29)22(31)32)28-23(33)34-13-19-17-7-3-1-5-15(17)16-6-2-4-8-18(16)19/h1-8,14,19-20H,9-13H2,(H,28,33)(H,31,32). The number of hydrogen-bond acceptors (Lipinski definition) is 4. The highest BCUT2D eigenvalue weighted by Gasteiger charge is 2.48. The largest absolute Gasteiger partial charge is 0.481 e. The lowest BCUT2D eigenvalue weighted by Gasteiger charge is -2.33. The lowest BCUT2D eigenvalue weighted by Crippen LogP contribution is -2.57. The third kappa shape index (κ3) is 4.71. The summed E-state index contributed by atoms with van der Waals surface area (Å²) in [6.45, 7) is -0.452. The number of nitrogens with zero attached hydrogens (tertiary/aromatic N) is 1. The zero-order valence-corrected chi connectivity index (χ0v) is 18.0. The van der Waals surface area contributed by atoms with Gasteiger partial charge in [-0.2, -0.15) is 13.2 Å².